The van der Waals surface area contributed by atoms with Gasteiger partial charge in [-0.25, -0.2) is 13.4 Å². The number of amides is 1. The van der Waals surface area contributed by atoms with Gasteiger partial charge in [-0.3, -0.25) is 14.0 Å². The molecule has 40 heavy (non-hydrogen) atoms. The van der Waals surface area contributed by atoms with Gasteiger partial charge in [0.05, 0.1) is 40.1 Å². The van der Waals surface area contributed by atoms with Crippen molar-refractivity contribution in [3.05, 3.63) is 76.8 Å². The third-order valence-corrected chi connectivity index (χ3v) is 10.7. The summed E-state index contributed by atoms with van der Waals surface area (Å²) in [5.74, 6) is 0.275. The van der Waals surface area contributed by atoms with Crippen LogP contribution in [0.1, 0.15) is 35.2 Å². The molecule has 3 heterocycles. The molecular weight excluding hydrogens is 570 g/mol. The number of methoxy groups -OCH3 is 1. The molecule has 4 aromatic rings. The molecule has 0 radical (unpaired) electrons. The number of thiazole rings is 1. The molecular formula is C29H28ClN3O5S2. The van der Waals surface area contributed by atoms with Gasteiger partial charge in [0.25, 0.3) is 15.9 Å². The van der Waals surface area contributed by atoms with E-state index in [-0.39, 0.29) is 16.9 Å². The highest BCUT2D eigenvalue weighted by Crippen LogP contribution is 2.39. The van der Waals surface area contributed by atoms with Crippen LogP contribution < -0.4 is 13.9 Å². The van der Waals surface area contributed by atoms with Crippen molar-refractivity contribution in [2.24, 2.45) is 0 Å². The molecule has 0 saturated carbocycles. The van der Waals surface area contributed by atoms with E-state index >= 15 is 0 Å². The molecule has 1 atom stereocenters. The molecule has 1 fully saturated rings. The fourth-order valence-electron chi connectivity index (χ4n) is 5.26. The molecule has 1 saturated heterocycles. The maximum atomic E-state index is 13.9. The van der Waals surface area contributed by atoms with Gasteiger partial charge in [0.1, 0.15) is 11.3 Å². The standard InChI is InChI=1S/C29H28ClN3O5S2/c1-37-25-15-14-23(30)27-26(25)31-29(39-27)32(18-21-8-5-17-38-21)28(34)20-10-12-22(13-11-20)40(35,36)33-16-4-7-19-6-2-3-9-24(19)33/h2-3,6,9-15,21H,4-5,7-8,16-18H2,1H3. The Kier molecular flexibility index (Phi) is 7.43. The molecule has 3 aromatic carbocycles. The fourth-order valence-corrected chi connectivity index (χ4v) is 8.07. The Hall–Kier alpha value is -3.18. The molecule has 208 valence electrons. The number of halogens is 1. The van der Waals surface area contributed by atoms with Crippen LogP contribution in [0.4, 0.5) is 10.8 Å². The van der Waals surface area contributed by atoms with Gasteiger partial charge in [-0.05, 0) is 73.7 Å². The number of anilines is 2. The van der Waals surface area contributed by atoms with Crippen LogP contribution in [-0.4, -0.2) is 52.2 Å². The van der Waals surface area contributed by atoms with Crippen LogP contribution in [0.5, 0.6) is 5.75 Å². The molecule has 2 aliphatic heterocycles. The van der Waals surface area contributed by atoms with Crippen molar-refractivity contribution in [1.29, 1.82) is 0 Å². The normalized spacial score (nSPS) is 17.1. The first-order valence-corrected chi connectivity index (χ1v) is 15.8. The van der Waals surface area contributed by atoms with E-state index in [2.05, 4.69) is 0 Å². The predicted molar refractivity (Wildman–Crippen MR) is 158 cm³/mol. The zero-order chi connectivity index (χ0) is 27.9. The Labute approximate surface area is 242 Å². The van der Waals surface area contributed by atoms with Crippen LogP contribution in [-0.2, 0) is 21.2 Å². The molecule has 8 nitrogen and oxygen atoms in total. The van der Waals surface area contributed by atoms with Gasteiger partial charge in [-0.2, -0.15) is 0 Å². The quantitative estimate of drug-likeness (QED) is 0.262. The second-order valence-corrected chi connectivity index (χ2v) is 13.1. The number of hydrogen-bond acceptors (Lipinski definition) is 7. The summed E-state index contributed by atoms with van der Waals surface area (Å²) < 4.78 is 40.7. The number of para-hydroxylation sites is 1. The second-order valence-electron chi connectivity index (χ2n) is 9.81. The number of carbonyl (C=O) groups excluding carboxylic acids is 1. The lowest BCUT2D eigenvalue weighted by Gasteiger charge is -2.30. The number of rotatable bonds is 7. The van der Waals surface area contributed by atoms with Crippen LogP contribution in [0.3, 0.4) is 0 Å². The van der Waals surface area contributed by atoms with Crippen LogP contribution in [0.15, 0.2) is 65.6 Å². The highest BCUT2D eigenvalue weighted by Gasteiger charge is 2.31. The van der Waals surface area contributed by atoms with E-state index in [9.17, 15) is 13.2 Å². The van der Waals surface area contributed by atoms with Crippen molar-refractivity contribution < 1.29 is 22.7 Å². The Bertz CT molecular complexity index is 1670. The number of hydrogen-bond donors (Lipinski definition) is 0. The van der Waals surface area contributed by atoms with Gasteiger partial charge >= 0.3 is 0 Å². The summed E-state index contributed by atoms with van der Waals surface area (Å²) in [6.07, 6.45) is 3.25. The van der Waals surface area contributed by atoms with Crippen molar-refractivity contribution in [3.8, 4) is 5.75 Å². The molecule has 0 bridgehead atoms. The maximum absolute atomic E-state index is 13.9. The van der Waals surface area contributed by atoms with Crippen LogP contribution in [0, 0.1) is 0 Å². The number of sulfonamides is 1. The lowest BCUT2D eigenvalue weighted by atomic mass is 10.0. The summed E-state index contributed by atoms with van der Waals surface area (Å²) in [5, 5.41) is 1.00. The highest BCUT2D eigenvalue weighted by atomic mass is 35.5. The summed E-state index contributed by atoms with van der Waals surface area (Å²) in [5.41, 5.74) is 2.67. The summed E-state index contributed by atoms with van der Waals surface area (Å²) in [6.45, 7) is 1.39. The molecule has 0 N–H and O–H groups in total. The van der Waals surface area contributed by atoms with Crippen molar-refractivity contribution in [2.75, 3.05) is 36.0 Å². The third-order valence-electron chi connectivity index (χ3n) is 7.31. The number of benzene rings is 3. The molecule has 1 aromatic heterocycles. The lowest BCUT2D eigenvalue weighted by molar-refractivity contribution is 0.0917. The van der Waals surface area contributed by atoms with Crippen molar-refractivity contribution in [3.63, 3.8) is 0 Å². The lowest BCUT2D eigenvalue weighted by Crippen LogP contribution is -2.37. The first-order chi connectivity index (χ1) is 19.4. The summed E-state index contributed by atoms with van der Waals surface area (Å²) >= 11 is 7.76. The molecule has 1 amide bonds. The number of aromatic nitrogens is 1. The topological polar surface area (TPSA) is 89.0 Å². The van der Waals surface area contributed by atoms with Crippen molar-refractivity contribution >= 4 is 59.9 Å². The average Bonchev–Trinajstić information content (AvgIpc) is 3.66. The Balaban J connectivity index is 1.32. The first kappa shape index (κ1) is 27.0. The van der Waals surface area contributed by atoms with Crippen LogP contribution in [0.25, 0.3) is 10.2 Å². The van der Waals surface area contributed by atoms with E-state index in [1.807, 2.05) is 24.3 Å². The van der Waals surface area contributed by atoms with Crippen LogP contribution in [0.2, 0.25) is 5.02 Å². The van der Waals surface area contributed by atoms with Gasteiger partial charge in [0, 0.05) is 18.7 Å². The van der Waals surface area contributed by atoms with E-state index in [1.54, 1.807) is 36.3 Å². The summed E-state index contributed by atoms with van der Waals surface area (Å²) in [6, 6.07) is 17.2. The van der Waals surface area contributed by atoms with E-state index in [4.69, 9.17) is 26.1 Å². The first-order valence-electron chi connectivity index (χ1n) is 13.1. The second kappa shape index (κ2) is 11.0. The maximum Gasteiger partial charge on any atom is 0.264 e. The van der Waals surface area contributed by atoms with Gasteiger partial charge < -0.3 is 9.47 Å². The van der Waals surface area contributed by atoms with E-state index < -0.39 is 10.0 Å². The van der Waals surface area contributed by atoms with Gasteiger partial charge in [-0.15, -0.1) is 0 Å². The molecule has 0 aliphatic carbocycles. The number of ether oxygens (including phenoxy) is 2. The molecule has 1 unspecified atom stereocenters. The Morgan fingerprint density at radius 2 is 1.95 bits per heavy atom. The van der Waals surface area contributed by atoms with Crippen LogP contribution >= 0.6 is 22.9 Å². The number of nitrogens with zero attached hydrogens (tertiary/aromatic N) is 3. The van der Waals surface area contributed by atoms with Gasteiger partial charge in [0.2, 0.25) is 0 Å². The summed E-state index contributed by atoms with van der Waals surface area (Å²) in [7, 11) is -2.22. The molecule has 11 heteroatoms. The largest absolute Gasteiger partial charge is 0.494 e. The smallest absolute Gasteiger partial charge is 0.264 e. The number of fused-ring (bicyclic) bond motifs is 2. The predicted octanol–water partition coefficient (Wildman–Crippen LogP) is 5.93. The zero-order valence-electron chi connectivity index (χ0n) is 21.9. The van der Waals surface area contributed by atoms with Gasteiger partial charge in [0.15, 0.2) is 5.13 Å². The fraction of sp³-hybridized carbons (Fsp3) is 0.310. The summed E-state index contributed by atoms with van der Waals surface area (Å²) in [4.78, 5) is 20.4. The monoisotopic (exact) mass is 597 g/mol. The van der Waals surface area contributed by atoms with Crippen molar-refractivity contribution in [2.45, 2.75) is 36.7 Å². The van der Waals surface area contributed by atoms with E-state index in [0.29, 0.717) is 52.4 Å². The van der Waals surface area contributed by atoms with E-state index in [1.165, 1.54) is 27.8 Å². The molecule has 2 aliphatic rings. The minimum Gasteiger partial charge on any atom is -0.494 e. The third kappa shape index (κ3) is 4.94. The average molecular weight is 598 g/mol. The van der Waals surface area contributed by atoms with Gasteiger partial charge in [-0.1, -0.05) is 41.1 Å². The highest BCUT2D eigenvalue weighted by molar-refractivity contribution is 7.92. The Morgan fingerprint density at radius 1 is 1.15 bits per heavy atom. The minimum atomic E-state index is -3.79. The molecule has 6 rings (SSSR count). The number of aryl methyl sites for hydroxylation is 1. The number of carbonyl (C=O) groups is 1. The minimum absolute atomic E-state index is 0.118. The zero-order valence-corrected chi connectivity index (χ0v) is 24.3. The van der Waals surface area contributed by atoms with Crippen molar-refractivity contribution in [1.82, 2.24) is 4.98 Å². The molecule has 0 spiro atoms. The van der Waals surface area contributed by atoms with E-state index in [0.717, 1.165) is 35.9 Å². The SMILES string of the molecule is COc1ccc(Cl)c2sc(N(CC3CCCO3)C(=O)c3ccc(S(=O)(=O)N4CCCc5ccccc54)cc3)nc12. The Morgan fingerprint density at radius 3 is 2.70 bits per heavy atom.